The normalized spacial score (nSPS) is 15.3. The minimum atomic E-state index is -0.874. The maximum absolute atomic E-state index is 13.4. The third kappa shape index (κ3) is 4.56. The zero-order valence-electron chi connectivity index (χ0n) is 16.4. The number of carbonyl (C=O) groups is 3. The molecule has 0 aromatic heterocycles. The van der Waals surface area contributed by atoms with Crippen LogP contribution in [-0.2, 0) is 16.0 Å². The average Bonchev–Trinajstić information content (AvgIpc) is 2.75. The first kappa shape index (κ1) is 21.7. The summed E-state index contributed by atoms with van der Waals surface area (Å²) in [5.41, 5.74) is 2.34. The molecule has 1 aliphatic heterocycles. The number of nitrogens with zero attached hydrogens (tertiary/aromatic N) is 1. The van der Waals surface area contributed by atoms with Crippen LogP contribution in [0.4, 0.5) is 14.9 Å². The van der Waals surface area contributed by atoms with E-state index in [2.05, 4.69) is 5.32 Å². The fraction of sp³-hybridized carbons (Fsp3) is 0.0417. The van der Waals surface area contributed by atoms with Gasteiger partial charge < -0.3 is 0 Å². The Morgan fingerprint density at radius 3 is 2.31 bits per heavy atom. The monoisotopic (exact) mass is 468 g/mol. The van der Waals surface area contributed by atoms with Gasteiger partial charge in [0.2, 0.25) is 0 Å². The molecule has 1 fully saturated rings. The number of anilines is 1. The summed E-state index contributed by atoms with van der Waals surface area (Å²) < 4.78 is 13.4. The Labute approximate surface area is 193 Å². The summed E-state index contributed by atoms with van der Waals surface area (Å²) in [6.45, 7) is 0. The summed E-state index contributed by atoms with van der Waals surface area (Å²) >= 11 is 11.9. The van der Waals surface area contributed by atoms with Crippen molar-refractivity contribution in [1.82, 2.24) is 5.32 Å². The summed E-state index contributed by atoms with van der Waals surface area (Å²) in [6.07, 6.45) is 1.94. The lowest BCUT2D eigenvalue weighted by Crippen LogP contribution is -2.54. The van der Waals surface area contributed by atoms with Crippen LogP contribution in [0, 0.1) is 5.82 Å². The second-order valence-electron chi connectivity index (χ2n) is 7.10. The van der Waals surface area contributed by atoms with Crippen LogP contribution < -0.4 is 10.2 Å². The Morgan fingerprint density at radius 1 is 0.875 bits per heavy atom. The van der Waals surface area contributed by atoms with Crippen LogP contribution in [0.1, 0.15) is 16.7 Å². The third-order valence-corrected chi connectivity index (χ3v) is 5.59. The zero-order chi connectivity index (χ0) is 22.8. The van der Waals surface area contributed by atoms with Gasteiger partial charge in [0.15, 0.2) is 0 Å². The molecule has 0 spiro atoms. The molecule has 3 aromatic rings. The highest BCUT2D eigenvalue weighted by atomic mass is 35.5. The maximum atomic E-state index is 13.4. The SMILES string of the molecule is O=C1NC(=O)N(c2ccc(Cl)c(Cl)c2)C(=O)/C1=C/c1ccc(Cc2cccc(F)c2)cc1. The van der Waals surface area contributed by atoms with E-state index in [1.165, 1.54) is 36.4 Å². The van der Waals surface area contributed by atoms with E-state index in [4.69, 9.17) is 23.2 Å². The molecule has 0 radical (unpaired) electrons. The van der Waals surface area contributed by atoms with Crippen LogP contribution in [0.5, 0.6) is 0 Å². The summed E-state index contributed by atoms with van der Waals surface area (Å²) in [7, 11) is 0. The van der Waals surface area contributed by atoms with E-state index in [9.17, 15) is 18.8 Å². The van der Waals surface area contributed by atoms with Gasteiger partial charge in [-0.05, 0) is 59.5 Å². The predicted octanol–water partition coefficient (Wildman–Crippen LogP) is 5.39. The summed E-state index contributed by atoms with van der Waals surface area (Å²) in [5.74, 6) is -1.87. The lowest BCUT2D eigenvalue weighted by atomic mass is 10.0. The molecule has 3 aromatic carbocycles. The molecule has 0 atom stereocenters. The van der Waals surface area contributed by atoms with E-state index in [1.807, 2.05) is 18.2 Å². The number of nitrogens with one attached hydrogen (secondary N) is 1. The number of benzene rings is 3. The molecular formula is C24H15Cl2FN2O3. The van der Waals surface area contributed by atoms with E-state index in [1.54, 1.807) is 18.2 Å². The maximum Gasteiger partial charge on any atom is 0.335 e. The minimum Gasteiger partial charge on any atom is -0.273 e. The van der Waals surface area contributed by atoms with Gasteiger partial charge in [-0.1, -0.05) is 59.6 Å². The Morgan fingerprint density at radius 2 is 1.62 bits per heavy atom. The molecule has 32 heavy (non-hydrogen) atoms. The molecule has 0 saturated carbocycles. The topological polar surface area (TPSA) is 66.5 Å². The second kappa shape index (κ2) is 8.94. The van der Waals surface area contributed by atoms with Gasteiger partial charge >= 0.3 is 6.03 Å². The van der Waals surface area contributed by atoms with Gasteiger partial charge in [0, 0.05) is 0 Å². The summed E-state index contributed by atoms with van der Waals surface area (Å²) in [6, 6.07) is 16.9. The molecule has 4 amide bonds. The number of barbiturate groups is 1. The number of halogens is 3. The molecule has 8 heteroatoms. The van der Waals surface area contributed by atoms with Crippen molar-refractivity contribution in [3.63, 3.8) is 0 Å². The second-order valence-corrected chi connectivity index (χ2v) is 7.92. The molecule has 1 heterocycles. The van der Waals surface area contributed by atoms with Crippen molar-refractivity contribution in [3.8, 4) is 0 Å². The molecule has 4 rings (SSSR count). The van der Waals surface area contributed by atoms with Crippen LogP contribution >= 0.6 is 23.2 Å². The number of hydrogen-bond donors (Lipinski definition) is 1. The summed E-state index contributed by atoms with van der Waals surface area (Å²) in [5, 5.41) is 2.60. The van der Waals surface area contributed by atoms with Gasteiger partial charge in [0.05, 0.1) is 15.7 Å². The number of rotatable bonds is 4. The van der Waals surface area contributed by atoms with Gasteiger partial charge in [0.1, 0.15) is 11.4 Å². The van der Waals surface area contributed by atoms with E-state index >= 15 is 0 Å². The highest BCUT2D eigenvalue weighted by molar-refractivity contribution is 6.43. The molecule has 0 aliphatic carbocycles. The Balaban J connectivity index is 1.59. The largest absolute Gasteiger partial charge is 0.335 e. The van der Waals surface area contributed by atoms with Crippen LogP contribution in [-0.4, -0.2) is 17.8 Å². The van der Waals surface area contributed by atoms with Crippen molar-refractivity contribution >= 4 is 52.8 Å². The number of amides is 4. The highest BCUT2D eigenvalue weighted by Crippen LogP contribution is 2.29. The molecule has 1 N–H and O–H groups in total. The van der Waals surface area contributed by atoms with E-state index in [0.29, 0.717) is 12.0 Å². The molecule has 5 nitrogen and oxygen atoms in total. The van der Waals surface area contributed by atoms with Crippen molar-refractivity contribution in [2.75, 3.05) is 4.90 Å². The van der Waals surface area contributed by atoms with Crippen molar-refractivity contribution in [2.45, 2.75) is 6.42 Å². The Hall–Kier alpha value is -3.48. The number of hydrogen-bond acceptors (Lipinski definition) is 3. The van der Waals surface area contributed by atoms with Gasteiger partial charge in [0.25, 0.3) is 11.8 Å². The lowest BCUT2D eigenvalue weighted by molar-refractivity contribution is -0.122. The molecule has 0 unspecified atom stereocenters. The van der Waals surface area contributed by atoms with Crippen molar-refractivity contribution in [3.05, 3.63) is 105 Å². The van der Waals surface area contributed by atoms with Crippen molar-refractivity contribution in [1.29, 1.82) is 0 Å². The minimum absolute atomic E-state index is 0.168. The standard InChI is InChI=1S/C24H15Cl2FN2O3/c25-20-9-8-18(13-21(20)26)29-23(31)19(22(30)28-24(29)32)12-15-6-4-14(5-7-15)10-16-2-1-3-17(27)11-16/h1-9,11-13H,10H2,(H,28,30,32)/b19-12+. The van der Waals surface area contributed by atoms with Gasteiger partial charge in [-0.2, -0.15) is 0 Å². The first-order chi connectivity index (χ1) is 15.3. The van der Waals surface area contributed by atoms with Crippen molar-refractivity contribution < 1.29 is 18.8 Å². The number of imide groups is 2. The lowest BCUT2D eigenvalue weighted by Gasteiger charge is -2.26. The van der Waals surface area contributed by atoms with Crippen LogP contribution in [0.15, 0.2) is 72.3 Å². The van der Waals surface area contributed by atoms with Crippen LogP contribution in [0.25, 0.3) is 6.08 Å². The summed E-state index contributed by atoms with van der Waals surface area (Å²) in [4.78, 5) is 38.4. The molecule has 160 valence electrons. The highest BCUT2D eigenvalue weighted by Gasteiger charge is 2.37. The average molecular weight is 469 g/mol. The van der Waals surface area contributed by atoms with Crippen LogP contribution in [0.2, 0.25) is 10.0 Å². The number of urea groups is 1. The molecular weight excluding hydrogens is 454 g/mol. The molecule has 1 aliphatic rings. The zero-order valence-corrected chi connectivity index (χ0v) is 18.0. The molecule has 0 bridgehead atoms. The first-order valence-corrected chi connectivity index (χ1v) is 10.3. The number of carbonyl (C=O) groups excluding carboxylic acids is 3. The third-order valence-electron chi connectivity index (χ3n) is 4.85. The van der Waals surface area contributed by atoms with Gasteiger partial charge in [-0.25, -0.2) is 14.1 Å². The van der Waals surface area contributed by atoms with E-state index < -0.39 is 17.8 Å². The smallest absolute Gasteiger partial charge is 0.273 e. The Kier molecular flexibility index (Phi) is 6.08. The van der Waals surface area contributed by atoms with E-state index in [0.717, 1.165) is 16.0 Å². The van der Waals surface area contributed by atoms with Crippen molar-refractivity contribution in [2.24, 2.45) is 0 Å². The van der Waals surface area contributed by atoms with E-state index in [-0.39, 0.29) is 27.1 Å². The fourth-order valence-electron chi connectivity index (χ4n) is 3.30. The first-order valence-electron chi connectivity index (χ1n) is 9.52. The quantitative estimate of drug-likeness (QED) is 0.412. The van der Waals surface area contributed by atoms with Crippen LogP contribution in [0.3, 0.4) is 0 Å². The van der Waals surface area contributed by atoms with Gasteiger partial charge in [-0.3, -0.25) is 14.9 Å². The molecule has 1 saturated heterocycles. The fourth-order valence-corrected chi connectivity index (χ4v) is 3.59. The Bertz CT molecular complexity index is 1270. The predicted molar refractivity (Wildman–Crippen MR) is 121 cm³/mol. The van der Waals surface area contributed by atoms with Gasteiger partial charge in [-0.15, -0.1) is 0 Å².